The zero-order chi connectivity index (χ0) is 14.7. The van der Waals surface area contributed by atoms with Crippen molar-refractivity contribution in [3.05, 3.63) is 18.7 Å². The van der Waals surface area contributed by atoms with Gasteiger partial charge < -0.3 is 10.2 Å². The molecule has 0 bridgehead atoms. The van der Waals surface area contributed by atoms with Crippen LogP contribution in [0.2, 0.25) is 0 Å². The summed E-state index contributed by atoms with van der Waals surface area (Å²) < 4.78 is 1.94. The average Bonchev–Trinajstić information content (AvgIpc) is 3.01. The summed E-state index contributed by atoms with van der Waals surface area (Å²) in [6.07, 6.45) is 10.3. The molecule has 2 unspecified atom stereocenters. The van der Waals surface area contributed by atoms with Crippen molar-refractivity contribution in [3.63, 3.8) is 0 Å². The monoisotopic (exact) mass is 288 g/mol. The van der Waals surface area contributed by atoms with Gasteiger partial charge in [-0.15, -0.1) is 10.2 Å². The van der Waals surface area contributed by atoms with Crippen LogP contribution in [0.3, 0.4) is 0 Å². The van der Waals surface area contributed by atoms with Gasteiger partial charge in [0.1, 0.15) is 6.33 Å². The van der Waals surface area contributed by atoms with Crippen LogP contribution in [0.4, 0.5) is 5.82 Å². The lowest BCUT2D eigenvalue weighted by molar-refractivity contribution is 0.366. The summed E-state index contributed by atoms with van der Waals surface area (Å²) >= 11 is 0. The van der Waals surface area contributed by atoms with E-state index in [2.05, 4.69) is 39.2 Å². The largest absolute Gasteiger partial charge is 0.349 e. The van der Waals surface area contributed by atoms with Crippen molar-refractivity contribution in [2.24, 2.45) is 0 Å². The van der Waals surface area contributed by atoms with E-state index >= 15 is 0 Å². The molecule has 1 fully saturated rings. The Morgan fingerprint density at radius 1 is 1.43 bits per heavy atom. The third-order valence-corrected chi connectivity index (χ3v) is 4.31. The number of rotatable bonds is 5. The van der Waals surface area contributed by atoms with Crippen molar-refractivity contribution in [1.82, 2.24) is 24.9 Å². The van der Waals surface area contributed by atoms with Gasteiger partial charge in [-0.05, 0) is 39.2 Å². The quantitative estimate of drug-likeness (QED) is 0.910. The zero-order valence-corrected chi connectivity index (χ0v) is 12.9. The fourth-order valence-corrected chi connectivity index (χ4v) is 3.20. The molecule has 0 amide bonds. The Morgan fingerprint density at radius 3 is 3.19 bits per heavy atom. The molecule has 6 nitrogen and oxygen atoms in total. The first-order chi connectivity index (χ1) is 10.3. The maximum absolute atomic E-state index is 4.59. The van der Waals surface area contributed by atoms with E-state index < -0.39 is 0 Å². The minimum atomic E-state index is 0.454. The second kappa shape index (κ2) is 6.39. The van der Waals surface area contributed by atoms with Gasteiger partial charge in [-0.1, -0.05) is 6.92 Å². The number of nitrogens with zero attached hydrogens (tertiary/aromatic N) is 5. The van der Waals surface area contributed by atoms with E-state index in [-0.39, 0.29) is 0 Å². The van der Waals surface area contributed by atoms with Gasteiger partial charge in [0.15, 0.2) is 5.82 Å². The van der Waals surface area contributed by atoms with E-state index in [1.165, 1.54) is 19.3 Å². The van der Waals surface area contributed by atoms with E-state index in [0.717, 1.165) is 31.0 Å². The Kier molecular flexibility index (Phi) is 4.34. The van der Waals surface area contributed by atoms with Crippen LogP contribution in [-0.2, 0) is 0 Å². The van der Waals surface area contributed by atoms with Crippen molar-refractivity contribution in [2.45, 2.75) is 51.6 Å². The normalized spacial score (nSPS) is 20.9. The van der Waals surface area contributed by atoms with Gasteiger partial charge in [0.05, 0.1) is 0 Å². The first kappa shape index (κ1) is 14.3. The van der Waals surface area contributed by atoms with Gasteiger partial charge in [0, 0.05) is 31.0 Å². The van der Waals surface area contributed by atoms with Crippen molar-refractivity contribution < 1.29 is 0 Å². The van der Waals surface area contributed by atoms with Crippen LogP contribution in [0.15, 0.2) is 18.7 Å². The molecule has 21 heavy (non-hydrogen) atoms. The Morgan fingerprint density at radius 2 is 2.33 bits per heavy atom. The number of anilines is 1. The highest BCUT2D eigenvalue weighted by Gasteiger charge is 2.29. The molecule has 1 N–H and O–H groups in total. The molecule has 2 atom stereocenters. The molecule has 0 aromatic carbocycles. The second-order valence-corrected chi connectivity index (χ2v) is 5.81. The van der Waals surface area contributed by atoms with Crippen LogP contribution >= 0.6 is 0 Å². The number of hydrogen-bond acceptors (Lipinski definition) is 5. The SMILES string of the molecule is CCCNC(C)C1CCCCN1c1nccn2cnnc12. The molecule has 1 aliphatic rings. The molecule has 2 aromatic heterocycles. The molecular formula is C15H24N6. The van der Waals surface area contributed by atoms with Crippen LogP contribution in [0.25, 0.3) is 5.65 Å². The summed E-state index contributed by atoms with van der Waals surface area (Å²) in [5, 5.41) is 11.9. The summed E-state index contributed by atoms with van der Waals surface area (Å²) in [5.41, 5.74) is 0.854. The molecule has 2 aromatic rings. The molecule has 0 saturated carbocycles. The van der Waals surface area contributed by atoms with Gasteiger partial charge >= 0.3 is 0 Å². The van der Waals surface area contributed by atoms with Crippen molar-refractivity contribution in [1.29, 1.82) is 0 Å². The molecule has 114 valence electrons. The third-order valence-electron chi connectivity index (χ3n) is 4.31. The number of aromatic nitrogens is 4. The molecule has 1 saturated heterocycles. The first-order valence-corrected chi connectivity index (χ1v) is 7.95. The van der Waals surface area contributed by atoms with E-state index in [9.17, 15) is 0 Å². The summed E-state index contributed by atoms with van der Waals surface area (Å²) in [6, 6.07) is 0.927. The van der Waals surface area contributed by atoms with Crippen LogP contribution in [0, 0.1) is 0 Å². The Balaban J connectivity index is 1.88. The van der Waals surface area contributed by atoms with Gasteiger partial charge in [0.2, 0.25) is 5.65 Å². The molecule has 1 aliphatic heterocycles. The minimum absolute atomic E-state index is 0.454. The van der Waals surface area contributed by atoms with Crippen molar-refractivity contribution in [2.75, 3.05) is 18.0 Å². The van der Waals surface area contributed by atoms with Crippen molar-refractivity contribution >= 4 is 11.5 Å². The number of nitrogens with one attached hydrogen (secondary N) is 1. The number of fused-ring (bicyclic) bond motifs is 1. The lowest BCUT2D eigenvalue weighted by Gasteiger charge is -2.40. The second-order valence-electron chi connectivity index (χ2n) is 5.81. The van der Waals surface area contributed by atoms with Gasteiger partial charge in [0.25, 0.3) is 0 Å². The van der Waals surface area contributed by atoms with Crippen LogP contribution in [0.5, 0.6) is 0 Å². The fraction of sp³-hybridized carbons (Fsp3) is 0.667. The molecule has 6 heteroatoms. The smallest absolute Gasteiger partial charge is 0.203 e. The molecular weight excluding hydrogens is 264 g/mol. The number of hydrogen-bond donors (Lipinski definition) is 1. The summed E-state index contributed by atoms with van der Waals surface area (Å²) in [7, 11) is 0. The topological polar surface area (TPSA) is 58.4 Å². The van der Waals surface area contributed by atoms with E-state index in [1.807, 2.05) is 16.8 Å². The van der Waals surface area contributed by atoms with Gasteiger partial charge in [-0.2, -0.15) is 0 Å². The van der Waals surface area contributed by atoms with Gasteiger partial charge in [-0.3, -0.25) is 4.40 Å². The highest BCUT2D eigenvalue weighted by Crippen LogP contribution is 2.27. The average molecular weight is 288 g/mol. The molecule has 0 radical (unpaired) electrons. The van der Waals surface area contributed by atoms with Crippen LogP contribution < -0.4 is 10.2 Å². The van der Waals surface area contributed by atoms with Gasteiger partial charge in [-0.25, -0.2) is 4.98 Å². The van der Waals surface area contributed by atoms with E-state index in [1.54, 1.807) is 6.33 Å². The molecule has 3 heterocycles. The highest BCUT2D eigenvalue weighted by atomic mass is 15.3. The summed E-state index contributed by atoms with van der Waals surface area (Å²) in [6.45, 7) is 6.59. The molecule has 0 aliphatic carbocycles. The lowest BCUT2D eigenvalue weighted by atomic mass is 9.96. The van der Waals surface area contributed by atoms with E-state index in [4.69, 9.17) is 0 Å². The predicted octanol–water partition coefficient (Wildman–Crippen LogP) is 1.87. The molecule has 3 rings (SSSR count). The summed E-state index contributed by atoms with van der Waals surface area (Å²) in [5.74, 6) is 0.963. The van der Waals surface area contributed by atoms with Crippen molar-refractivity contribution in [3.8, 4) is 0 Å². The highest BCUT2D eigenvalue weighted by molar-refractivity contribution is 5.64. The Hall–Kier alpha value is -1.69. The molecule has 0 spiro atoms. The number of piperidine rings is 1. The standard InChI is InChI=1S/C15H24N6/c1-3-7-16-12(2)13-6-4-5-9-21(13)14-15-19-18-11-20(15)10-8-17-14/h8,10-13,16H,3-7,9H2,1-2H3. The maximum Gasteiger partial charge on any atom is 0.203 e. The van der Waals surface area contributed by atoms with Crippen LogP contribution in [-0.4, -0.2) is 44.8 Å². The Labute approximate surface area is 125 Å². The van der Waals surface area contributed by atoms with E-state index in [0.29, 0.717) is 12.1 Å². The maximum atomic E-state index is 4.59. The predicted molar refractivity (Wildman–Crippen MR) is 83.5 cm³/mol. The fourth-order valence-electron chi connectivity index (χ4n) is 3.20. The zero-order valence-electron chi connectivity index (χ0n) is 12.9. The Bertz CT molecular complexity index is 580. The minimum Gasteiger partial charge on any atom is -0.349 e. The first-order valence-electron chi connectivity index (χ1n) is 7.95. The summed E-state index contributed by atoms with van der Waals surface area (Å²) in [4.78, 5) is 7.01. The van der Waals surface area contributed by atoms with Crippen LogP contribution in [0.1, 0.15) is 39.5 Å². The third kappa shape index (κ3) is 2.85. The lowest BCUT2D eigenvalue weighted by Crippen LogP contribution is -2.51.